The number of halogens is 1. The third kappa shape index (κ3) is 2.20. The van der Waals surface area contributed by atoms with Gasteiger partial charge < -0.3 is 10.6 Å². The lowest BCUT2D eigenvalue weighted by atomic mass is 10.1. The summed E-state index contributed by atoms with van der Waals surface area (Å²) in [6.07, 6.45) is 1.92. The van der Waals surface area contributed by atoms with E-state index < -0.39 is 0 Å². The van der Waals surface area contributed by atoms with Gasteiger partial charge >= 0.3 is 0 Å². The Hall–Kier alpha value is -2.56. The van der Waals surface area contributed by atoms with Gasteiger partial charge in [-0.15, -0.1) is 0 Å². The highest BCUT2D eigenvalue weighted by Crippen LogP contribution is 2.28. The van der Waals surface area contributed by atoms with Crippen molar-refractivity contribution >= 4 is 17.2 Å². The summed E-state index contributed by atoms with van der Waals surface area (Å²) in [6, 6.07) is 8.92. The fraction of sp³-hybridized carbons (Fsp3) is 0.188. The summed E-state index contributed by atoms with van der Waals surface area (Å²) in [6.45, 7) is 1.73. The number of imidazole rings is 1. The maximum atomic E-state index is 13.7. The Labute approximate surface area is 122 Å². The fourth-order valence-corrected chi connectivity index (χ4v) is 2.27. The number of pyridine rings is 1. The lowest BCUT2D eigenvalue weighted by Crippen LogP contribution is -2.09. The first kappa shape index (κ1) is 13.4. The smallest absolute Gasteiger partial charge is 0.139 e. The highest BCUT2D eigenvalue weighted by molar-refractivity contribution is 5.75. The van der Waals surface area contributed by atoms with Gasteiger partial charge in [-0.1, -0.05) is 12.1 Å². The SMILES string of the molecule is Cc1ccc(-c2nc3ccc(N(C)C)cn3c2N)cc1F. The second kappa shape index (κ2) is 4.77. The number of benzene rings is 1. The van der Waals surface area contributed by atoms with Crippen LogP contribution < -0.4 is 10.6 Å². The van der Waals surface area contributed by atoms with Crippen molar-refractivity contribution in [2.45, 2.75) is 6.92 Å². The van der Waals surface area contributed by atoms with Crippen LogP contribution in [0.15, 0.2) is 36.5 Å². The molecule has 5 heteroatoms. The van der Waals surface area contributed by atoms with Gasteiger partial charge in [0.15, 0.2) is 0 Å². The summed E-state index contributed by atoms with van der Waals surface area (Å²) in [5.74, 6) is 0.259. The van der Waals surface area contributed by atoms with Crippen LogP contribution in [-0.2, 0) is 0 Å². The van der Waals surface area contributed by atoms with Gasteiger partial charge in [0.25, 0.3) is 0 Å². The van der Waals surface area contributed by atoms with Crippen LogP contribution in [0.4, 0.5) is 15.9 Å². The second-order valence-corrected chi connectivity index (χ2v) is 5.32. The van der Waals surface area contributed by atoms with Crippen molar-refractivity contribution in [1.82, 2.24) is 9.38 Å². The number of nitrogen functional groups attached to an aromatic ring is 1. The van der Waals surface area contributed by atoms with Gasteiger partial charge in [0, 0.05) is 25.9 Å². The molecule has 0 unspecified atom stereocenters. The minimum absolute atomic E-state index is 0.252. The van der Waals surface area contributed by atoms with Crippen LogP contribution in [-0.4, -0.2) is 23.5 Å². The number of aromatic nitrogens is 2. The zero-order valence-electron chi connectivity index (χ0n) is 12.3. The van der Waals surface area contributed by atoms with Crippen LogP contribution in [0.3, 0.4) is 0 Å². The van der Waals surface area contributed by atoms with E-state index in [-0.39, 0.29) is 5.82 Å². The molecule has 0 saturated carbocycles. The lowest BCUT2D eigenvalue weighted by Gasteiger charge is -2.12. The third-order valence-electron chi connectivity index (χ3n) is 3.60. The van der Waals surface area contributed by atoms with Gasteiger partial charge in [-0.3, -0.25) is 4.40 Å². The van der Waals surface area contributed by atoms with E-state index in [1.54, 1.807) is 13.0 Å². The Kier molecular flexibility index (Phi) is 3.05. The summed E-state index contributed by atoms with van der Waals surface area (Å²) in [5, 5.41) is 0. The Morgan fingerprint density at radius 3 is 2.62 bits per heavy atom. The summed E-state index contributed by atoms with van der Waals surface area (Å²) in [7, 11) is 3.93. The molecule has 108 valence electrons. The van der Waals surface area contributed by atoms with Crippen LogP contribution in [0.1, 0.15) is 5.56 Å². The van der Waals surface area contributed by atoms with Gasteiger partial charge in [0.05, 0.1) is 5.69 Å². The van der Waals surface area contributed by atoms with Crippen LogP contribution in [0.2, 0.25) is 0 Å². The predicted molar refractivity (Wildman–Crippen MR) is 84.1 cm³/mol. The molecule has 0 aliphatic carbocycles. The molecular weight excluding hydrogens is 267 g/mol. The molecule has 0 fully saturated rings. The molecule has 0 amide bonds. The monoisotopic (exact) mass is 284 g/mol. The molecule has 0 saturated heterocycles. The van der Waals surface area contributed by atoms with Crippen LogP contribution >= 0.6 is 0 Å². The van der Waals surface area contributed by atoms with E-state index in [9.17, 15) is 4.39 Å². The first-order chi connectivity index (χ1) is 9.97. The van der Waals surface area contributed by atoms with Crippen molar-refractivity contribution in [3.63, 3.8) is 0 Å². The van der Waals surface area contributed by atoms with Crippen LogP contribution in [0.5, 0.6) is 0 Å². The number of aryl methyl sites for hydroxylation is 1. The third-order valence-corrected chi connectivity index (χ3v) is 3.60. The maximum Gasteiger partial charge on any atom is 0.139 e. The number of hydrogen-bond donors (Lipinski definition) is 1. The average Bonchev–Trinajstić information content (AvgIpc) is 2.79. The molecule has 0 aliphatic rings. The molecule has 3 aromatic rings. The fourth-order valence-electron chi connectivity index (χ4n) is 2.27. The van der Waals surface area contributed by atoms with Crippen molar-refractivity contribution in [3.8, 4) is 11.3 Å². The van der Waals surface area contributed by atoms with Crippen LogP contribution in [0.25, 0.3) is 16.9 Å². The maximum absolute atomic E-state index is 13.7. The van der Waals surface area contributed by atoms with Crippen molar-refractivity contribution in [1.29, 1.82) is 0 Å². The Morgan fingerprint density at radius 1 is 1.19 bits per heavy atom. The highest BCUT2D eigenvalue weighted by Gasteiger charge is 2.13. The number of rotatable bonds is 2. The minimum Gasteiger partial charge on any atom is -0.383 e. The van der Waals surface area contributed by atoms with E-state index in [2.05, 4.69) is 4.98 Å². The van der Waals surface area contributed by atoms with E-state index in [0.29, 0.717) is 22.6 Å². The van der Waals surface area contributed by atoms with Gasteiger partial charge in [0.1, 0.15) is 23.0 Å². The van der Waals surface area contributed by atoms with Gasteiger partial charge in [0.2, 0.25) is 0 Å². The number of nitrogens with zero attached hydrogens (tertiary/aromatic N) is 3. The van der Waals surface area contributed by atoms with E-state index >= 15 is 0 Å². The first-order valence-electron chi connectivity index (χ1n) is 6.69. The van der Waals surface area contributed by atoms with Crippen molar-refractivity contribution in [2.75, 3.05) is 24.7 Å². The molecule has 2 heterocycles. The summed E-state index contributed by atoms with van der Waals surface area (Å²) in [5.41, 5.74) is 9.85. The molecule has 2 aromatic heterocycles. The van der Waals surface area contributed by atoms with E-state index in [1.165, 1.54) is 6.07 Å². The number of anilines is 2. The topological polar surface area (TPSA) is 46.6 Å². The summed E-state index contributed by atoms with van der Waals surface area (Å²) < 4.78 is 15.6. The van der Waals surface area contributed by atoms with Gasteiger partial charge in [-0.25, -0.2) is 9.37 Å². The summed E-state index contributed by atoms with van der Waals surface area (Å²) >= 11 is 0. The van der Waals surface area contributed by atoms with Crippen molar-refractivity contribution in [2.24, 2.45) is 0 Å². The van der Waals surface area contributed by atoms with Crippen molar-refractivity contribution < 1.29 is 4.39 Å². The molecule has 1 aromatic carbocycles. The van der Waals surface area contributed by atoms with Crippen LogP contribution in [0, 0.1) is 12.7 Å². The standard InChI is InChI=1S/C16H17FN4/c1-10-4-5-11(8-13(10)17)15-16(18)21-9-12(20(2)3)6-7-14(21)19-15/h4-9H,18H2,1-3H3. The van der Waals surface area contributed by atoms with E-state index in [4.69, 9.17) is 5.73 Å². The predicted octanol–water partition coefficient (Wildman–Crippen LogP) is 3.10. The van der Waals surface area contributed by atoms with E-state index in [1.807, 2.05) is 47.8 Å². The molecule has 0 radical (unpaired) electrons. The Morgan fingerprint density at radius 2 is 1.95 bits per heavy atom. The number of nitrogens with two attached hydrogens (primary N) is 1. The lowest BCUT2D eigenvalue weighted by molar-refractivity contribution is 0.619. The molecule has 3 rings (SSSR count). The first-order valence-corrected chi connectivity index (χ1v) is 6.69. The molecule has 0 bridgehead atoms. The molecule has 21 heavy (non-hydrogen) atoms. The molecular formula is C16H17FN4. The molecule has 2 N–H and O–H groups in total. The normalized spacial score (nSPS) is 11.0. The zero-order valence-corrected chi connectivity index (χ0v) is 12.3. The van der Waals surface area contributed by atoms with Crippen molar-refractivity contribution in [3.05, 3.63) is 47.9 Å². The molecule has 4 nitrogen and oxygen atoms in total. The van der Waals surface area contributed by atoms with Gasteiger partial charge in [-0.05, 0) is 30.7 Å². The number of hydrogen-bond acceptors (Lipinski definition) is 3. The molecule has 0 aliphatic heterocycles. The average molecular weight is 284 g/mol. The quantitative estimate of drug-likeness (QED) is 0.786. The Bertz CT molecular complexity index is 821. The second-order valence-electron chi connectivity index (χ2n) is 5.32. The van der Waals surface area contributed by atoms with Gasteiger partial charge in [-0.2, -0.15) is 0 Å². The largest absolute Gasteiger partial charge is 0.383 e. The summed E-state index contributed by atoms with van der Waals surface area (Å²) in [4.78, 5) is 6.50. The highest BCUT2D eigenvalue weighted by atomic mass is 19.1. The minimum atomic E-state index is -0.252. The Balaban J connectivity index is 2.19. The zero-order chi connectivity index (χ0) is 15.1. The molecule has 0 atom stereocenters. The molecule has 0 spiro atoms. The number of fused-ring (bicyclic) bond motifs is 1. The van der Waals surface area contributed by atoms with E-state index in [0.717, 1.165) is 11.3 Å².